The zero-order valence-electron chi connectivity index (χ0n) is 13.3. The van der Waals surface area contributed by atoms with Gasteiger partial charge in [-0.15, -0.1) is 12.4 Å². The monoisotopic (exact) mass is 362 g/mol. The molecule has 1 saturated carbocycles. The maximum Gasteiger partial charge on any atom is 0.387 e. The van der Waals surface area contributed by atoms with Crippen LogP contribution in [0, 0.1) is 11.8 Å². The zero-order chi connectivity index (χ0) is 16.6. The van der Waals surface area contributed by atoms with Gasteiger partial charge in [-0.25, -0.2) is 0 Å². The Kier molecular flexibility index (Phi) is 5.87. The van der Waals surface area contributed by atoms with Gasteiger partial charge in [-0.05, 0) is 42.9 Å². The summed E-state index contributed by atoms with van der Waals surface area (Å²) in [4.78, 5) is 14.4. The minimum Gasteiger partial charge on any atom is -0.493 e. The number of carbonyl (C=O) groups excluding carboxylic acids is 1. The van der Waals surface area contributed by atoms with Gasteiger partial charge in [0.1, 0.15) is 0 Å². The SMILES string of the molecule is COc1cc(C(=O)N2CC3CCC(N)C3C2)ccc1OC(F)F.Cl. The van der Waals surface area contributed by atoms with Gasteiger partial charge in [-0.1, -0.05) is 0 Å². The van der Waals surface area contributed by atoms with Gasteiger partial charge in [0.25, 0.3) is 5.91 Å². The summed E-state index contributed by atoms with van der Waals surface area (Å²) in [6, 6.07) is 4.42. The lowest BCUT2D eigenvalue weighted by atomic mass is 9.98. The second-order valence-corrected chi connectivity index (χ2v) is 6.12. The van der Waals surface area contributed by atoms with E-state index < -0.39 is 6.61 Å². The first-order valence-corrected chi connectivity index (χ1v) is 7.67. The number of methoxy groups -OCH3 is 1. The summed E-state index contributed by atoms with van der Waals surface area (Å²) in [6.45, 7) is -1.58. The normalized spacial score (nSPS) is 25.4. The number of benzene rings is 1. The molecule has 24 heavy (non-hydrogen) atoms. The van der Waals surface area contributed by atoms with E-state index >= 15 is 0 Å². The Labute approximate surface area is 145 Å². The number of likely N-dealkylation sites (tertiary alicyclic amines) is 1. The first-order valence-electron chi connectivity index (χ1n) is 7.67. The van der Waals surface area contributed by atoms with Gasteiger partial charge in [0.2, 0.25) is 0 Å². The van der Waals surface area contributed by atoms with Gasteiger partial charge in [0.05, 0.1) is 7.11 Å². The van der Waals surface area contributed by atoms with Crippen molar-refractivity contribution in [3.63, 3.8) is 0 Å². The first-order chi connectivity index (χ1) is 11.0. The summed E-state index contributed by atoms with van der Waals surface area (Å²) >= 11 is 0. The van der Waals surface area contributed by atoms with E-state index in [0.29, 0.717) is 30.5 Å². The number of hydrogen-bond acceptors (Lipinski definition) is 4. The number of nitrogens with zero attached hydrogens (tertiary/aromatic N) is 1. The van der Waals surface area contributed by atoms with E-state index in [0.717, 1.165) is 12.8 Å². The zero-order valence-corrected chi connectivity index (χ0v) is 14.1. The maximum atomic E-state index is 12.6. The highest BCUT2D eigenvalue weighted by Gasteiger charge is 2.42. The predicted octanol–water partition coefficient (Wildman–Crippen LogP) is 2.53. The highest BCUT2D eigenvalue weighted by atomic mass is 35.5. The molecule has 1 saturated heterocycles. The molecule has 0 radical (unpaired) electrons. The molecule has 8 heteroatoms. The second kappa shape index (κ2) is 7.53. The average molecular weight is 363 g/mol. The van der Waals surface area contributed by atoms with Crippen LogP contribution in [-0.4, -0.2) is 43.7 Å². The third-order valence-corrected chi connectivity index (χ3v) is 4.83. The molecule has 0 spiro atoms. The van der Waals surface area contributed by atoms with E-state index in [9.17, 15) is 13.6 Å². The smallest absolute Gasteiger partial charge is 0.387 e. The summed E-state index contributed by atoms with van der Waals surface area (Å²) in [5.74, 6) is 0.736. The molecule has 1 amide bonds. The predicted molar refractivity (Wildman–Crippen MR) is 87.0 cm³/mol. The van der Waals surface area contributed by atoms with Gasteiger partial charge in [0.15, 0.2) is 11.5 Å². The van der Waals surface area contributed by atoms with Gasteiger partial charge in [0, 0.05) is 24.7 Å². The lowest BCUT2D eigenvalue weighted by Gasteiger charge is -2.19. The highest BCUT2D eigenvalue weighted by molar-refractivity contribution is 5.95. The minimum absolute atomic E-state index is 0. The van der Waals surface area contributed by atoms with Crippen molar-refractivity contribution in [2.45, 2.75) is 25.5 Å². The molecule has 5 nitrogen and oxygen atoms in total. The molecule has 3 rings (SSSR count). The van der Waals surface area contributed by atoms with E-state index in [2.05, 4.69) is 4.74 Å². The summed E-state index contributed by atoms with van der Waals surface area (Å²) in [6.07, 6.45) is 2.07. The summed E-state index contributed by atoms with van der Waals surface area (Å²) in [5.41, 5.74) is 6.49. The van der Waals surface area contributed by atoms with Gasteiger partial charge in [-0.3, -0.25) is 4.79 Å². The molecule has 134 valence electrons. The minimum atomic E-state index is -2.94. The summed E-state index contributed by atoms with van der Waals surface area (Å²) in [7, 11) is 1.35. The summed E-state index contributed by atoms with van der Waals surface area (Å²) in [5, 5.41) is 0. The fourth-order valence-electron chi connectivity index (χ4n) is 3.65. The van der Waals surface area contributed by atoms with Crippen LogP contribution in [0.15, 0.2) is 18.2 Å². The van der Waals surface area contributed by atoms with Crippen molar-refractivity contribution in [2.24, 2.45) is 17.6 Å². The van der Waals surface area contributed by atoms with Crippen molar-refractivity contribution >= 4 is 18.3 Å². The number of halogens is 3. The van der Waals surface area contributed by atoms with E-state index in [4.69, 9.17) is 10.5 Å². The number of hydrogen-bond donors (Lipinski definition) is 1. The van der Waals surface area contributed by atoms with Crippen LogP contribution in [-0.2, 0) is 0 Å². The first kappa shape index (κ1) is 18.7. The van der Waals surface area contributed by atoms with E-state index in [1.54, 1.807) is 4.90 Å². The third-order valence-electron chi connectivity index (χ3n) is 4.83. The van der Waals surface area contributed by atoms with E-state index in [1.165, 1.54) is 25.3 Å². The number of fused-ring (bicyclic) bond motifs is 1. The fraction of sp³-hybridized carbons (Fsp3) is 0.562. The molecule has 2 N–H and O–H groups in total. The lowest BCUT2D eigenvalue weighted by molar-refractivity contribution is -0.0512. The van der Waals surface area contributed by atoms with Crippen LogP contribution in [0.5, 0.6) is 11.5 Å². The molecule has 0 aromatic heterocycles. The molecule has 1 heterocycles. The molecule has 1 aromatic carbocycles. The Bertz CT molecular complexity index is 603. The number of rotatable bonds is 4. The molecule has 1 aliphatic heterocycles. The molecular formula is C16H21ClF2N2O3. The van der Waals surface area contributed by atoms with Crippen LogP contribution in [0.1, 0.15) is 23.2 Å². The van der Waals surface area contributed by atoms with Crippen LogP contribution in [0.3, 0.4) is 0 Å². The topological polar surface area (TPSA) is 64.8 Å². The number of carbonyl (C=O) groups is 1. The molecule has 2 fully saturated rings. The Morgan fingerprint density at radius 2 is 2.04 bits per heavy atom. The molecule has 0 bridgehead atoms. The van der Waals surface area contributed by atoms with Crippen LogP contribution in [0.25, 0.3) is 0 Å². The molecule has 3 unspecified atom stereocenters. The lowest BCUT2D eigenvalue weighted by Crippen LogP contribution is -2.33. The van der Waals surface area contributed by atoms with Crippen LogP contribution in [0.2, 0.25) is 0 Å². The van der Waals surface area contributed by atoms with Crippen LogP contribution >= 0.6 is 12.4 Å². The number of nitrogens with two attached hydrogens (primary N) is 1. The van der Waals surface area contributed by atoms with Gasteiger partial charge in [-0.2, -0.15) is 8.78 Å². The molecule has 1 aromatic rings. The number of ether oxygens (including phenoxy) is 2. The van der Waals surface area contributed by atoms with Crippen molar-refractivity contribution in [1.82, 2.24) is 4.90 Å². The van der Waals surface area contributed by atoms with Crippen molar-refractivity contribution in [1.29, 1.82) is 0 Å². The Morgan fingerprint density at radius 1 is 1.29 bits per heavy atom. The van der Waals surface area contributed by atoms with Crippen molar-refractivity contribution in [2.75, 3.05) is 20.2 Å². The van der Waals surface area contributed by atoms with Gasteiger partial charge < -0.3 is 20.1 Å². The highest BCUT2D eigenvalue weighted by Crippen LogP contribution is 2.38. The van der Waals surface area contributed by atoms with Gasteiger partial charge >= 0.3 is 6.61 Å². The largest absolute Gasteiger partial charge is 0.493 e. The standard InChI is InChI=1S/C16H20F2N2O3.ClH/c1-22-14-6-9(3-5-13(14)23-16(17)18)15(21)20-7-10-2-4-12(19)11(10)8-20;/h3,5-6,10-12,16H,2,4,7-8,19H2,1H3;1H. The number of alkyl halides is 2. The molecule has 3 atom stereocenters. The van der Waals surface area contributed by atoms with Crippen molar-refractivity contribution in [3.8, 4) is 11.5 Å². The van der Waals surface area contributed by atoms with E-state index in [1.807, 2.05) is 0 Å². The molecular weight excluding hydrogens is 342 g/mol. The average Bonchev–Trinajstić information content (AvgIpc) is 3.09. The van der Waals surface area contributed by atoms with Crippen LogP contribution < -0.4 is 15.2 Å². The van der Waals surface area contributed by atoms with Crippen molar-refractivity contribution < 1.29 is 23.0 Å². The Hall–Kier alpha value is -1.60. The quantitative estimate of drug-likeness (QED) is 0.894. The third kappa shape index (κ3) is 3.57. The summed E-state index contributed by atoms with van der Waals surface area (Å²) < 4.78 is 34.1. The van der Waals surface area contributed by atoms with Crippen LogP contribution in [0.4, 0.5) is 8.78 Å². The molecule has 1 aliphatic carbocycles. The van der Waals surface area contributed by atoms with E-state index in [-0.39, 0.29) is 35.9 Å². The second-order valence-electron chi connectivity index (χ2n) is 6.12. The molecule has 2 aliphatic rings. The number of amides is 1. The maximum absolute atomic E-state index is 12.6. The fourth-order valence-corrected chi connectivity index (χ4v) is 3.65. The Morgan fingerprint density at radius 3 is 2.67 bits per heavy atom. The Balaban J connectivity index is 0.00000208. The van der Waals surface area contributed by atoms with Crippen molar-refractivity contribution in [3.05, 3.63) is 23.8 Å².